The molecule has 20 heavy (non-hydrogen) atoms. The summed E-state index contributed by atoms with van der Waals surface area (Å²) in [5.74, 6) is 0.639. The Morgan fingerprint density at radius 2 is 1.95 bits per heavy atom. The first-order valence-electron chi connectivity index (χ1n) is 7.08. The van der Waals surface area contributed by atoms with Gasteiger partial charge in [-0.15, -0.1) is 0 Å². The van der Waals surface area contributed by atoms with Crippen LogP contribution in [0.5, 0.6) is 0 Å². The van der Waals surface area contributed by atoms with Crippen molar-refractivity contribution in [2.24, 2.45) is 5.92 Å². The number of nitriles is 1. The predicted octanol–water partition coefficient (Wildman–Crippen LogP) is 4.20. The van der Waals surface area contributed by atoms with Gasteiger partial charge in [0, 0.05) is 0 Å². The summed E-state index contributed by atoms with van der Waals surface area (Å²) < 4.78 is 2.21. The van der Waals surface area contributed by atoms with Gasteiger partial charge in [0.2, 0.25) is 0 Å². The van der Waals surface area contributed by atoms with Gasteiger partial charge >= 0.3 is 129 Å². The molecule has 2 heteroatoms. The fraction of sp³-hybridized carbons (Fsp3) is 0.389. The number of hydrogen-bond donors (Lipinski definition) is 0. The minimum absolute atomic E-state index is 0.148. The molecule has 0 N–H and O–H groups in total. The molecule has 0 aromatic heterocycles. The summed E-state index contributed by atoms with van der Waals surface area (Å²) >= 11 is 0.148. The van der Waals surface area contributed by atoms with Crippen LogP contribution in [0.4, 0.5) is 0 Å². The Bertz CT molecular complexity index is 490. The first-order chi connectivity index (χ1) is 9.61. The topological polar surface area (TPSA) is 23.8 Å². The molecule has 1 rings (SSSR count). The molecule has 0 amide bonds. The van der Waals surface area contributed by atoms with Gasteiger partial charge in [0.1, 0.15) is 0 Å². The molecule has 1 nitrogen and oxygen atoms in total. The van der Waals surface area contributed by atoms with E-state index in [2.05, 4.69) is 51.1 Å². The second kappa shape index (κ2) is 9.59. The van der Waals surface area contributed by atoms with E-state index in [0.717, 1.165) is 17.3 Å². The summed E-state index contributed by atoms with van der Waals surface area (Å²) in [6, 6.07) is 12.6. The van der Waals surface area contributed by atoms with E-state index >= 15 is 0 Å². The van der Waals surface area contributed by atoms with Crippen LogP contribution < -0.4 is 4.46 Å². The first-order valence-corrected chi connectivity index (χ1v) is 8.79. The monoisotopic (exact) mass is 333 g/mol. The van der Waals surface area contributed by atoms with Gasteiger partial charge in [-0.05, 0) is 0 Å². The normalized spacial score (nSPS) is 12.6. The fourth-order valence-electron chi connectivity index (χ4n) is 1.81. The molecule has 0 fully saturated rings. The quantitative estimate of drug-likeness (QED) is 0.417. The van der Waals surface area contributed by atoms with Crippen LogP contribution in [0, 0.1) is 17.2 Å². The van der Waals surface area contributed by atoms with Crippen LogP contribution in [0.25, 0.3) is 0 Å². The van der Waals surface area contributed by atoms with E-state index in [1.807, 2.05) is 18.2 Å². The summed E-state index contributed by atoms with van der Waals surface area (Å²) in [5, 5.41) is 9.24. The fourth-order valence-corrected chi connectivity index (χ4v) is 3.43. The van der Waals surface area contributed by atoms with Gasteiger partial charge in [0.25, 0.3) is 0 Å². The summed E-state index contributed by atoms with van der Waals surface area (Å²) in [4.78, 5) is 0. The Hall–Kier alpha value is -1.29. The molecule has 0 aliphatic rings. The molecular formula is C18H23NSe. The molecule has 0 aliphatic heterocycles. The van der Waals surface area contributed by atoms with Gasteiger partial charge in [-0.3, -0.25) is 0 Å². The first kappa shape index (κ1) is 16.8. The van der Waals surface area contributed by atoms with Gasteiger partial charge in [0.05, 0.1) is 0 Å². The summed E-state index contributed by atoms with van der Waals surface area (Å²) in [5.41, 5.74) is 1.39. The standard InChI is InChI=1S/C18H23NSe/c1-15(2)8-7-9-16(3)12-13-18(14-19)20-17-10-5-4-6-11-17/h4-6,8,10-11,13,16H,7,9,12H2,1-3H3/b18-13-/t16-/m1/s1. The van der Waals surface area contributed by atoms with Crippen LogP contribution in [0.3, 0.4) is 0 Å². The third kappa shape index (κ3) is 7.34. The molecule has 0 heterocycles. The molecule has 0 aliphatic carbocycles. The number of benzene rings is 1. The summed E-state index contributed by atoms with van der Waals surface area (Å²) in [6.07, 6.45) is 7.77. The molecule has 0 saturated carbocycles. The minimum atomic E-state index is 0.148. The summed E-state index contributed by atoms with van der Waals surface area (Å²) in [6.45, 7) is 6.54. The van der Waals surface area contributed by atoms with Gasteiger partial charge in [0.15, 0.2) is 0 Å². The molecule has 1 aromatic rings. The number of hydrogen-bond acceptors (Lipinski definition) is 1. The van der Waals surface area contributed by atoms with Crippen molar-refractivity contribution in [3.05, 3.63) is 52.5 Å². The van der Waals surface area contributed by atoms with Crippen molar-refractivity contribution in [2.45, 2.75) is 40.0 Å². The van der Waals surface area contributed by atoms with Crippen LogP contribution >= 0.6 is 0 Å². The van der Waals surface area contributed by atoms with Crippen molar-refractivity contribution in [2.75, 3.05) is 0 Å². The van der Waals surface area contributed by atoms with Gasteiger partial charge in [-0.25, -0.2) is 0 Å². The van der Waals surface area contributed by atoms with Crippen molar-refractivity contribution in [1.29, 1.82) is 5.26 Å². The Labute approximate surface area is 129 Å². The maximum atomic E-state index is 9.24. The van der Waals surface area contributed by atoms with Crippen LogP contribution in [0.2, 0.25) is 0 Å². The van der Waals surface area contributed by atoms with Crippen LogP contribution in [0.15, 0.2) is 52.5 Å². The van der Waals surface area contributed by atoms with Crippen molar-refractivity contribution in [3.8, 4) is 6.07 Å². The third-order valence-corrected chi connectivity index (χ3v) is 5.07. The molecule has 0 radical (unpaired) electrons. The molecule has 106 valence electrons. The van der Waals surface area contributed by atoms with Gasteiger partial charge in [-0.2, -0.15) is 0 Å². The molecule has 0 saturated heterocycles. The SMILES string of the molecule is CC(C)=CCC[C@@H](C)C/C=C(/C#N)[Se]c1ccccc1. The second-order valence-electron chi connectivity index (χ2n) is 5.29. The van der Waals surface area contributed by atoms with E-state index < -0.39 is 0 Å². The zero-order valence-electron chi connectivity index (χ0n) is 12.6. The Kier molecular flexibility index (Phi) is 8.04. The number of rotatable bonds is 7. The second-order valence-corrected chi connectivity index (χ2v) is 7.64. The molecule has 0 bridgehead atoms. The average Bonchev–Trinajstić information content (AvgIpc) is 2.44. The van der Waals surface area contributed by atoms with Crippen molar-refractivity contribution in [3.63, 3.8) is 0 Å². The van der Waals surface area contributed by atoms with E-state index in [-0.39, 0.29) is 15.0 Å². The van der Waals surface area contributed by atoms with Gasteiger partial charge < -0.3 is 0 Å². The molecule has 0 unspecified atom stereocenters. The van der Waals surface area contributed by atoms with E-state index in [4.69, 9.17) is 0 Å². The third-order valence-electron chi connectivity index (χ3n) is 3.00. The summed E-state index contributed by atoms with van der Waals surface area (Å²) in [7, 11) is 0. The van der Waals surface area contributed by atoms with E-state index in [0.29, 0.717) is 5.92 Å². The zero-order chi connectivity index (χ0) is 14.8. The molecular weight excluding hydrogens is 309 g/mol. The molecule has 0 spiro atoms. The maximum absolute atomic E-state index is 9.24. The Morgan fingerprint density at radius 3 is 2.55 bits per heavy atom. The average molecular weight is 332 g/mol. The van der Waals surface area contributed by atoms with E-state index in [1.165, 1.54) is 16.5 Å². The number of nitrogens with zero attached hydrogens (tertiary/aromatic N) is 1. The predicted molar refractivity (Wildman–Crippen MR) is 88.0 cm³/mol. The van der Waals surface area contributed by atoms with Crippen molar-refractivity contribution >= 4 is 19.4 Å². The van der Waals surface area contributed by atoms with Crippen LogP contribution in [-0.4, -0.2) is 15.0 Å². The Morgan fingerprint density at radius 1 is 1.25 bits per heavy atom. The zero-order valence-corrected chi connectivity index (χ0v) is 14.3. The number of allylic oxidation sites excluding steroid dienone is 4. The van der Waals surface area contributed by atoms with Crippen LogP contribution in [0.1, 0.15) is 40.0 Å². The van der Waals surface area contributed by atoms with E-state index in [9.17, 15) is 5.26 Å². The van der Waals surface area contributed by atoms with Crippen molar-refractivity contribution < 1.29 is 0 Å². The van der Waals surface area contributed by atoms with Crippen LogP contribution in [-0.2, 0) is 0 Å². The van der Waals surface area contributed by atoms with Crippen molar-refractivity contribution in [1.82, 2.24) is 0 Å². The molecule has 1 aromatic carbocycles. The van der Waals surface area contributed by atoms with E-state index in [1.54, 1.807) is 0 Å². The Balaban J connectivity index is 2.46. The molecule has 1 atom stereocenters. The van der Waals surface area contributed by atoms with Gasteiger partial charge in [-0.1, -0.05) is 0 Å².